The molecule has 1 aliphatic heterocycles. The fourth-order valence-corrected chi connectivity index (χ4v) is 2.43. The van der Waals surface area contributed by atoms with Gasteiger partial charge in [0.1, 0.15) is 5.75 Å². The molecule has 2 rings (SSSR count). The maximum absolute atomic E-state index is 9.73. The third-order valence-electron chi connectivity index (χ3n) is 3.52. The first-order valence-electron chi connectivity index (χ1n) is 6.88. The van der Waals surface area contributed by atoms with Gasteiger partial charge >= 0.3 is 0 Å². The lowest BCUT2D eigenvalue weighted by molar-refractivity contribution is 0.102. The van der Waals surface area contributed by atoms with Crippen LogP contribution in [0.2, 0.25) is 0 Å². The molecule has 0 aromatic heterocycles. The van der Waals surface area contributed by atoms with Crippen LogP contribution in [0, 0.1) is 0 Å². The molecule has 1 unspecified atom stereocenters. The lowest BCUT2D eigenvalue weighted by Gasteiger charge is -2.30. The van der Waals surface area contributed by atoms with Crippen LogP contribution in [-0.2, 0) is 13.0 Å². The predicted octanol–water partition coefficient (Wildman–Crippen LogP) is 2.21. The topological polar surface area (TPSA) is 32.7 Å². The summed E-state index contributed by atoms with van der Waals surface area (Å²) in [6.45, 7) is 7.47. The van der Waals surface area contributed by atoms with Gasteiger partial charge in [-0.25, -0.2) is 0 Å². The van der Waals surface area contributed by atoms with E-state index in [1.165, 1.54) is 11.1 Å². The van der Waals surface area contributed by atoms with Crippen LogP contribution in [-0.4, -0.2) is 35.8 Å². The number of β-amino-alcohol motifs (C(OH)–C–C–N with tert-alkyl or cyclic N) is 1. The molecule has 18 heavy (non-hydrogen) atoms. The van der Waals surface area contributed by atoms with Crippen molar-refractivity contribution in [2.75, 3.05) is 19.7 Å². The van der Waals surface area contributed by atoms with Crippen LogP contribution in [0.4, 0.5) is 0 Å². The van der Waals surface area contributed by atoms with Crippen LogP contribution >= 0.6 is 0 Å². The Balaban J connectivity index is 2.04. The Kier molecular flexibility index (Phi) is 4.61. The quantitative estimate of drug-likeness (QED) is 0.868. The smallest absolute Gasteiger partial charge is 0.119 e. The van der Waals surface area contributed by atoms with E-state index in [0.717, 1.165) is 38.2 Å². The van der Waals surface area contributed by atoms with Gasteiger partial charge in [-0.3, -0.25) is 4.90 Å². The van der Waals surface area contributed by atoms with Crippen molar-refractivity contribution in [3.05, 3.63) is 29.3 Å². The van der Waals surface area contributed by atoms with Gasteiger partial charge in [0, 0.05) is 19.6 Å². The number of rotatable bonds is 5. The van der Waals surface area contributed by atoms with Crippen molar-refractivity contribution in [2.24, 2.45) is 0 Å². The lowest BCUT2D eigenvalue weighted by Crippen LogP contribution is -2.36. The van der Waals surface area contributed by atoms with E-state index in [0.29, 0.717) is 6.61 Å². The van der Waals surface area contributed by atoms with Gasteiger partial charge in [-0.15, -0.1) is 0 Å². The fourth-order valence-electron chi connectivity index (χ4n) is 2.43. The number of hydrogen-bond donors (Lipinski definition) is 1. The minimum absolute atomic E-state index is 0.207. The average Bonchev–Trinajstić information content (AvgIpc) is 2.38. The standard InChI is InChI=1S/C15H23NO2/c1-3-14(17)11-16-8-7-12-5-6-15(18-4-2)9-13(12)10-16/h5-6,9,14,17H,3-4,7-8,10-11H2,1-2H3. The highest BCUT2D eigenvalue weighted by Crippen LogP contribution is 2.24. The number of ether oxygens (including phenoxy) is 1. The van der Waals surface area contributed by atoms with Gasteiger partial charge in [-0.2, -0.15) is 0 Å². The normalized spacial score (nSPS) is 17.3. The molecule has 3 nitrogen and oxygen atoms in total. The van der Waals surface area contributed by atoms with E-state index >= 15 is 0 Å². The molecule has 0 spiro atoms. The molecule has 0 fully saturated rings. The Hall–Kier alpha value is -1.06. The average molecular weight is 249 g/mol. The number of aliphatic hydroxyl groups is 1. The van der Waals surface area contributed by atoms with Crippen molar-refractivity contribution < 1.29 is 9.84 Å². The van der Waals surface area contributed by atoms with Gasteiger partial charge in [-0.05, 0) is 43.0 Å². The first kappa shape index (κ1) is 13.4. The molecule has 0 aliphatic carbocycles. The summed E-state index contributed by atoms with van der Waals surface area (Å²) < 4.78 is 5.54. The Morgan fingerprint density at radius 3 is 2.89 bits per heavy atom. The highest BCUT2D eigenvalue weighted by molar-refractivity contribution is 5.37. The van der Waals surface area contributed by atoms with Gasteiger partial charge < -0.3 is 9.84 Å². The van der Waals surface area contributed by atoms with Gasteiger partial charge in [0.25, 0.3) is 0 Å². The van der Waals surface area contributed by atoms with E-state index in [9.17, 15) is 5.11 Å². The summed E-state index contributed by atoms with van der Waals surface area (Å²) >= 11 is 0. The summed E-state index contributed by atoms with van der Waals surface area (Å²) in [7, 11) is 0. The first-order valence-corrected chi connectivity index (χ1v) is 6.88. The number of benzene rings is 1. The number of nitrogens with zero attached hydrogens (tertiary/aromatic N) is 1. The zero-order valence-electron chi connectivity index (χ0n) is 11.4. The first-order chi connectivity index (χ1) is 8.72. The third kappa shape index (κ3) is 3.24. The molecule has 3 heteroatoms. The van der Waals surface area contributed by atoms with Crippen LogP contribution in [0.3, 0.4) is 0 Å². The van der Waals surface area contributed by atoms with E-state index in [-0.39, 0.29) is 6.10 Å². The summed E-state index contributed by atoms with van der Waals surface area (Å²) in [5, 5.41) is 9.73. The van der Waals surface area contributed by atoms with Gasteiger partial charge in [0.15, 0.2) is 0 Å². The lowest BCUT2D eigenvalue weighted by atomic mass is 9.99. The SMILES string of the molecule is CCOc1ccc2c(c1)CN(CC(O)CC)CC2. The molecule has 0 saturated heterocycles. The second kappa shape index (κ2) is 6.21. The maximum Gasteiger partial charge on any atom is 0.119 e. The van der Waals surface area contributed by atoms with Crippen molar-refractivity contribution >= 4 is 0 Å². The van der Waals surface area contributed by atoms with Gasteiger partial charge in [0.05, 0.1) is 12.7 Å². The Labute approximate surface area is 109 Å². The molecule has 0 radical (unpaired) electrons. The molecule has 1 N–H and O–H groups in total. The van der Waals surface area contributed by atoms with E-state index < -0.39 is 0 Å². The molecule has 0 saturated carbocycles. The largest absolute Gasteiger partial charge is 0.494 e. The molecule has 1 aliphatic rings. The van der Waals surface area contributed by atoms with E-state index in [4.69, 9.17) is 4.74 Å². The second-order valence-electron chi connectivity index (χ2n) is 4.91. The molecule has 0 bridgehead atoms. The van der Waals surface area contributed by atoms with Crippen LogP contribution < -0.4 is 4.74 Å². The Morgan fingerprint density at radius 2 is 2.17 bits per heavy atom. The summed E-state index contributed by atoms with van der Waals surface area (Å²) in [5.41, 5.74) is 2.76. The third-order valence-corrected chi connectivity index (χ3v) is 3.52. The molecule has 0 amide bonds. The summed E-state index contributed by atoms with van der Waals surface area (Å²) in [5.74, 6) is 0.953. The zero-order chi connectivity index (χ0) is 13.0. The Bertz CT molecular complexity index is 392. The van der Waals surface area contributed by atoms with Crippen LogP contribution in [0.5, 0.6) is 5.75 Å². The summed E-state index contributed by atoms with van der Waals surface area (Å²) in [4.78, 5) is 2.33. The van der Waals surface area contributed by atoms with E-state index in [2.05, 4.69) is 23.1 Å². The van der Waals surface area contributed by atoms with Crippen LogP contribution in [0.1, 0.15) is 31.4 Å². The minimum Gasteiger partial charge on any atom is -0.494 e. The van der Waals surface area contributed by atoms with Crippen molar-refractivity contribution in [1.29, 1.82) is 0 Å². The maximum atomic E-state index is 9.73. The molecule has 1 atom stereocenters. The highest BCUT2D eigenvalue weighted by atomic mass is 16.5. The molecular weight excluding hydrogens is 226 g/mol. The van der Waals surface area contributed by atoms with Crippen molar-refractivity contribution in [1.82, 2.24) is 4.90 Å². The highest BCUT2D eigenvalue weighted by Gasteiger charge is 2.18. The summed E-state index contributed by atoms with van der Waals surface area (Å²) in [6.07, 6.45) is 1.68. The second-order valence-corrected chi connectivity index (χ2v) is 4.91. The summed E-state index contributed by atoms with van der Waals surface area (Å²) in [6, 6.07) is 6.37. The molecular formula is C15H23NO2. The molecule has 1 aromatic rings. The number of hydrogen-bond acceptors (Lipinski definition) is 3. The van der Waals surface area contributed by atoms with E-state index in [1.807, 2.05) is 13.8 Å². The molecule has 1 heterocycles. The van der Waals surface area contributed by atoms with Gasteiger partial charge in [0.2, 0.25) is 0 Å². The minimum atomic E-state index is -0.207. The predicted molar refractivity (Wildman–Crippen MR) is 72.9 cm³/mol. The molecule has 1 aromatic carbocycles. The number of fused-ring (bicyclic) bond motifs is 1. The molecule has 100 valence electrons. The van der Waals surface area contributed by atoms with Gasteiger partial charge in [-0.1, -0.05) is 13.0 Å². The zero-order valence-corrected chi connectivity index (χ0v) is 11.4. The van der Waals surface area contributed by atoms with Crippen LogP contribution in [0.25, 0.3) is 0 Å². The Morgan fingerprint density at radius 1 is 1.33 bits per heavy atom. The van der Waals surface area contributed by atoms with Crippen molar-refractivity contribution in [3.8, 4) is 5.75 Å². The van der Waals surface area contributed by atoms with E-state index in [1.54, 1.807) is 0 Å². The monoisotopic (exact) mass is 249 g/mol. The van der Waals surface area contributed by atoms with Crippen molar-refractivity contribution in [2.45, 2.75) is 39.3 Å². The number of aliphatic hydroxyl groups excluding tert-OH is 1. The van der Waals surface area contributed by atoms with Crippen molar-refractivity contribution in [3.63, 3.8) is 0 Å². The fraction of sp³-hybridized carbons (Fsp3) is 0.600. The van der Waals surface area contributed by atoms with Crippen LogP contribution in [0.15, 0.2) is 18.2 Å².